The smallest absolute Gasteiger partial charge is 0.0347 e. The molecule has 80 valence electrons. The van der Waals surface area contributed by atoms with Crippen LogP contribution in [0.2, 0.25) is 0 Å². The monoisotopic (exact) mass is 192 g/mol. The van der Waals surface area contributed by atoms with Gasteiger partial charge in [-0.3, -0.25) is 0 Å². The standard InChI is InChI=1S/C14H24/c1-9-6-10-7-12(9)13-8-14(2,3)5-4-11(10)13/h9-13H,4-8H2,1-3H3. The van der Waals surface area contributed by atoms with Crippen molar-refractivity contribution in [1.29, 1.82) is 0 Å². The van der Waals surface area contributed by atoms with Gasteiger partial charge in [0.25, 0.3) is 0 Å². The van der Waals surface area contributed by atoms with Crippen LogP contribution in [-0.2, 0) is 0 Å². The molecular formula is C14H24. The van der Waals surface area contributed by atoms with Gasteiger partial charge >= 0.3 is 0 Å². The summed E-state index contributed by atoms with van der Waals surface area (Å²) < 4.78 is 0. The highest BCUT2D eigenvalue weighted by atomic mass is 14.6. The molecule has 0 saturated heterocycles. The molecule has 0 aromatic rings. The quantitative estimate of drug-likeness (QED) is 0.542. The van der Waals surface area contributed by atoms with Gasteiger partial charge in [0.15, 0.2) is 0 Å². The third-order valence-corrected chi connectivity index (χ3v) is 5.63. The van der Waals surface area contributed by atoms with Crippen LogP contribution in [0, 0.1) is 35.0 Å². The minimum Gasteiger partial charge on any atom is -0.0622 e. The van der Waals surface area contributed by atoms with Crippen LogP contribution in [0.5, 0.6) is 0 Å². The van der Waals surface area contributed by atoms with Crippen molar-refractivity contribution in [3.8, 4) is 0 Å². The van der Waals surface area contributed by atoms with E-state index in [1.54, 1.807) is 19.3 Å². The van der Waals surface area contributed by atoms with E-state index < -0.39 is 0 Å². The lowest BCUT2D eigenvalue weighted by Gasteiger charge is -2.44. The molecule has 0 amide bonds. The van der Waals surface area contributed by atoms with Crippen LogP contribution in [-0.4, -0.2) is 0 Å². The van der Waals surface area contributed by atoms with Crippen LogP contribution < -0.4 is 0 Å². The summed E-state index contributed by atoms with van der Waals surface area (Å²) in [7, 11) is 0. The molecule has 0 spiro atoms. The van der Waals surface area contributed by atoms with E-state index in [0.717, 1.165) is 29.6 Å². The largest absolute Gasteiger partial charge is 0.0622 e. The lowest BCUT2D eigenvalue weighted by Crippen LogP contribution is -2.35. The Hall–Kier alpha value is 0. The van der Waals surface area contributed by atoms with Gasteiger partial charge < -0.3 is 0 Å². The molecule has 0 aromatic carbocycles. The van der Waals surface area contributed by atoms with Gasteiger partial charge in [-0.25, -0.2) is 0 Å². The van der Waals surface area contributed by atoms with Crippen molar-refractivity contribution in [2.45, 2.75) is 52.9 Å². The van der Waals surface area contributed by atoms with Crippen LogP contribution in [0.15, 0.2) is 0 Å². The SMILES string of the molecule is CC1CC2CC1C1CC(C)(C)CCC21. The Balaban J connectivity index is 1.82. The Kier molecular flexibility index (Phi) is 1.83. The summed E-state index contributed by atoms with van der Waals surface area (Å²) >= 11 is 0. The molecule has 0 N–H and O–H groups in total. The topological polar surface area (TPSA) is 0 Å². The zero-order valence-corrected chi connectivity index (χ0v) is 9.92. The Morgan fingerprint density at radius 1 is 1.00 bits per heavy atom. The highest BCUT2D eigenvalue weighted by Crippen LogP contribution is 2.62. The summed E-state index contributed by atoms with van der Waals surface area (Å²) in [6.45, 7) is 7.47. The first kappa shape index (κ1) is 9.24. The highest BCUT2D eigenvalue weighted by molar-refractivity contribution is 5.03. The van der Waals surface area contributed by atoms with Crippen LogP contribution >= 0.6 is 0 Å². The van der Waals surface area contributed by atoms with Gasteiger partial charge in [-0.05, 0) is 67.1 Å². The first-order valence-electron chi connectivity index (χ1n) is 6.57. The van der Waals surface area contributed by atoms with Crippen molar-refractivity contribution in [2.75, 3.05) is 0 Å². The first-order valence-corrected chi connectivity index (χ1v) is 6.57. The Bertz CT molecular complexity index is 238. The van der Waals surface area contributed by atoms with E-state index in [-0.39, 0.29) is 0 Å². The zero-order valence-electron chi connectivity index (χ0n) is 9.92. The Morgan fingerprint density at radius 2 is 1.79 bits per heavy atom. The van der Waals surface area contributed by atoms with Gasteiger partial charge in [-0.2, -0.15) is 0 Å². The predicted molar refractivity (Wildman–Crippen MR) is 60.0 cm³/mol. The van der Waals surface area contributed by atoms with Gasteiger partial charge in [0.2, 0.25) is 0 Å². The van der Waals surface area contributed by atoms with E-state index in [0.29, 0.717) is 5.41 Å². The molecule has 3 rings (SSSR count). The lowest BCUT2D eigenvalue weighted by atomic mass is 9.61. The van der Waals surface area contributed by atoms with Gasteiger partial charge in [0.05, 0.1) is 0 Å². The van der Waals surface area contributed by atoms with E-state index in [1.807, 2.05) is 0 Å². The molecule has 3 saturated carbocycles. The third-order valence-electron chi connectivity index (χ3n) is 5.63. The van der Waals surface area contributed by atoms with E-state index in [1.165, 1.54) is 12.8 Å². The second-order valence-electron chi connectivity index (χ2n) is 7.11. The van der Waals surface area contributed by atoms with Crippen LogP contribution in [0.4, 0.5) is 0 Å². The maximum atomic E-state index is 2.50. The van der Waals surface area contributed by atoms with Crippen molar-refractivity contribution in [1.82, 2.24) is 0 Å². The average Bonchev–Trinajstić information content (AvgIpc) is 2.58. The Labute approximate surface area is 88.5 Å². The summed E-state index contributed by atoms with van der Waals surface area (Å²) in [5.74, 6) is 5.56. The van der Waals surface area contributed by atoms with Gasteiger partial charge in [-0.15, -0.1) is 0 Å². The van der Waals surface area contributed by atoms with Crippen molar-refractivity contribution in [2.24, 2.45) is 35.0 Å². The van der Waals surface area contributed by atoms with Crippen molar-refractivity contribution in [3.05, 3.63) is 0 Å². The fourth-order valence-electron chi connectivity index (χ4n) is 4.99. The summed E-state index contributed by atoms with van der Waals surface area (Å²) in [6, 6.07) is 0. The first-order chi connectivity index (χ1) is 6.57. The number of hydrogen-bond acceptors (Lipinski definition) is 0. The summed E-state index contributed by atoms with van der Waals surface area (Å²) in [4.78, 5) is 0. The average molecular weight is 192 g/mol. The molecular weight excluding hydrogens is 168 g/mol. The second-order valence-corrected chi connectivity index (χ2v) is 7.11. The molecule has 0 aliphatic heterocycles. The molecule has 0 radical (unpaired) electrons. The van der Waals surface area contributed by atoms with Crippen LogP contribution in [0.3, 0.4) is 0 Å². The third kappa shape index (κ3) is 1.19. The number of fused-ring (bicyclic) bond motifs is 5. The molecule has 3 fully saturated rings. The molecule has 5 unspecified atom stereocenters. The summed E-state index contributed by atoms with van der Waals surface area (Å²) in [6.07, 6.45) is 7.72. The van der Waals surface area contributed by atoms with E-state index in [2.05, 4.69) is 20.8 Å². The van der Waals surface area contributed by atoms with Crippen LogP contribution in [0.1, 0.15) is 52.9 Å². The van der Waals surface area contributed by atoms with Crippen molar-refractivity contribution >= 4 is 0 Å². The molecule has 0 heteroatoms. The predicted octanol–water partition coefficient (Wildman–Crippen LogP) is 4.10. The Morgan fingerprint density at radius 3 is 2.57 bits per heavy atom. The van der Waals surface area contributed by atoms with E-state index in [4.69, 9.17) is 0 Å². The lowest BCUT2D eigenvalue weighted by molar-refractivity contribution is 0.0545. The molecule has 2 bridgehead atoms. The number of rotatable bonds is 0. The fraction of sp³-hybridized carbons (Fsp3) is 1.00. The summed E-state index contributed by atoms with van der Waals surface area (Å²) in [5, 5.41) is 0. The molecule has 14 heavy (non-hydrogen) atoms. The van der Waals surface area contributed by atoms with Crippen molar-refractivity contribution in [3.63, 3.8) is 0 Å². The van der Waals surface area contributed by atoms with Crippen LogP contribution in [0.25, 0.3) is 0 Å². The molecule has 0 aromatic heterocycles. The molecule has 0 heterocycles. The molecule has 0 nitrogen and oxygen atoms in total. The minimum absolute atomic E-state index is 0.658. The second kappa shape index (κ2) is 2.77. The highest BCUT2D eigenvalue weighted by Gasteiger charge is 2.53. The van der Waals surface area contributed by atoms with Gasteiger partial charge in [0.1, 0.15) is 0 Å². The van der Waals surface area contributed by atoms with E-state index in [9.17, 15) is 0 Å². The normalized spacial score (nSPS) is 54.6. The van der Waals surface area contributed by atoms with Gasteiger partial charge in [-0.1, -0.05) is 20.8 Å². The maximum absolute atomic E-state index is 2.50. The van der Waals surface area contributed by atoms with Gasteiger partial charge in [0, 0.05) is 0 Å². The fourth-order valence-corrected chi connectivity index (χ4v) is 4.99. The summed E-state index contributed by atoms with van der Waals surface area (Å²) in [5.41, 5.74) is 0.658. The molecule has 5 atom stereocenters. The molecule has 3 aliphatic rings. The maximum Gasteiger partial charge on any atom is -0.0347 e. The minimum atomic E-state index is 0.658. The molecule has 3 aliphatic carbocycles. The van der Waals surface area contributed by atoms with E-state index >= 15 is 0 Å². The zero-order chi connectivity index (χ0) is 9.92. The van der Waals surface area contributed by atoms with Crippen molar-refractivity contribution < 1.29 is 0 Å². The number of hydrogen-bond donors (Lipinski definition) is 0.